The van der Waals surface area contributed by atoms with Gasteiger partial charge in [0, 0.05) is 19.0 Å². The minimum absolute atomic E-state index is 0.0306. The van der Waals surface area contributed by atoms with Crippen molar-refractivity contribution in [3.63, 3.8) is 0 Å². The van der Waals surface area contributed by atoms with Gasteiger partial charge in [0.05, 0.1) is 19.3 Å². The summed E-state index contributed by atoms with van der Waals surface area (Å²) in [6, 6.07) is 11.7. The molecule has 31 heavy (non-hydrogen) atoms. The first-order valence-electron chi connectivity index (χ1n) is 10.5. The number of thiazole rings is 1. The van der Waals surface area contributed by atoms with Crippen LogP contribution in [0.4, 0.5) is 0 Å². The third-order valence-corrected chi connectivity index (χ3v) is 5.97. The van der Waals surface area contributed by atoms with Crippen molar-refractivity contribution in [3.8, 4) is 16.8 Å². The Bertz CT molecular complexity index is 1030. The molecule has 0 bridgehead atoms. The minimum atomic E-state index is -0.0322. The molecule has 2 heterocycles. The largest absolute Gasteiger partial charge is 0.477 e. The van der Waals surface area contributed by atoms with Gasteiger partial charge in [0.2, 0.25) is 11.8 Å². The molecule has 1 saturated carbocycles. The summed E-state index contributed by atoms with van der Waals surface area (Å²) in [6.07, 6.45) is 2.16. The van der Waals surface area contributed by atoms with Gasteiger partial charge >= 0.3 is 0 Å². The highest BCUT2D eigenvalue weighted by Gasteiger charge is 2.30. The standard InChI is InChI=1S/C23H27N3O4S/c1-14-4-6-18(7-5-14)30-23-25-20-8-9-21(26-22(20)31-23)29-13-17-10-19(11-17)28-12-15(2)24-16(3)27/h4-9,15,17,19H,10-13H2,1-3H3,(H,24,27)/t15-,17?,19?/m0/s1. The number of pyridine rings is 1. The zero-order valence-corrected chi connectivity index (χ0v) is 18.8. The Labute approximate surface area is 185 Å². The third kappa shape index (κ3) is 5.92. The Morgan fingerprint density at radius 1 is 1.19 bits per heavy atom. The van der Waals surface area contributed by atoms with Crippen LogP contribution in [0.1, 0.15) is 32.3 Å². The number of benzene rings is 1. The van der Waals surface area contributed by atoms with E-state index in [4.69, 9.17) is 14.2 Å². The number of fused-ring (bicyclic) bond motifs is 1. The molecule has 0 radical (unpaired) electrons. The molecule has 0 aliphatic heterocycles. The van der Waals surface area contributed by atoms with Crippen LogP contribution in [0, 0.1) is 12.8 Å². The van der Waals surface area contributed by atoms with Crippen molar-refractivity contribution in [3.05, 3.63) is 42.0 Å². The fourth-order valence-electron chi connectivity index (χ4n) is 3.43. The second-order valence-corrected chi connectivity index (χ2v) is 9.01. The van der Waals surface area contributed by atoms with Crippen molar-refractivity contribution in [2.75, 3.05) is 13.2 Å². The maximum Gasteiger partial charge on any atom is 0.281 e. The van der Waals surface area contributed by atoms with Gasteiger partial charge in [-0.05, 0) is 50.8 Å². The third-order valence-electron chi connectivity index (χ3n) is 5.13. The van der Waals surface area contributed by atoms with Crippen molar-refractivity contribution in [1.82, 2.24) is 15.3 Å². The highest BCUT2D eigenvalue weighted by atomic mass is 32.1. The SMILES string of the molecule is CC(=O)N[C@@H](C)COC1CC(COc2ccc3nc(Oc4ccc(C)cc4)sc3n2)C1. The molecule has 4 rings (SSSR count). The number of carbonyl (C=O) groups excluding carboxylic acids is 1. The fourth-order valence-corrected chi connectivity index (χ4v) is 4.23. The van der Waals surface area contributed by atoms with Crippen molar-refractivity contribution in [2.24, 2.45) is 5.92 Å². The molecule has 1 aromatic carbocycles. The number of aryl methyl sites for hydroxylation is 1. The lowest BCUT2D eigenvalue weighted by Crippen LogP contribution is -2.40. The van der Waals surface area contributed by atoms with E-state index < -0.39 is 0 Å². The van der Waals surface area contributed by atoms with Gasteiger partial charge in [0.1, 0.15) is 11.3 Å². The van der Waals surface area contributed by atoms with E-state index in [9.17, 15) is 4.79 Å². The van der Waals surface area contributed by atoms with Gasteiger partial charge in [-0.2, -0.15) is 0 Å². The molecule has 0 spiro atoms. The van der Waals surface area contributed by atoms with E-state index in [1.54, 1.807) is 0 Å². The molecule has 1 aliphatic carbocycles. The molecule has 1 amide bonds. The van der Waals surface area contributed by atoms with Gasteiger partial charge in [0.15, 0.2) is 4.83 Å². The lowest BCUT2D eigenvalue weighted by molar-refractivity contribution is -0.120. The molecule has 0 saturated heterocycles. The molecule has 1 atom stereocenters. The topological polar surface area (TPSA) is 82.6 Å². The van der Waals surface area contributed by atoms with Crippen molar-refractivity contribution in [2.45, 2.75) is 45.8 Å². The van der Waals surface area contributed by atoms with Crippen molar-refractivity contribution >= 4 is 27.6 Å². The molecule has 8 heteroatoms. The predicted octanol–water partition coefficient (Wildman–Crippen LogP) is 4.49. The first kappa shape index (κ1) is 21.5. The Morgan fingerprint density at radius 2 is 1.97 bits per heavy atom. The van der Waals surface area contributed by atoms with Gasteiger partial charge in [-0.15, -0.1) is 0 Å². The van der Waals surface area contributed by atoms with Crippen LogP contribution in [0.25, 0.3) is 10.3 Å². The van der Waals surface area contributed by atoms with Crippen LogP contribution in [0.3, 0.4) is 0 Å². The Balaban J connectivity index is 1.23. The van der Waals surface area contributed by atoms with Crippen LogP contribution in [0.5, 0.6) is 16.8 Å². The number of nitrogens with one attached hydrogen (secondary N) is 1. The molecule has 3 aromatic rings. The number of hydrogen-bond acceptors (Lipinski definition) is 7. The summed E-state index contributed by atoms with van der Waals surface area (Å²) in [7, 11) is 0. The first-order valence-corrected chi connectivity index (χ1v) is 11.3. The molecule has 2 aromatic heterocycles. The van der Waals surface area contributed by atoms with Gasteiger partial charge in [-0.1, -0.05) is 29.0 Å². The average Bonchev–Trinajstić information content (AvgIpc) is 3.09. The van der Waals surface area contributed by atoms with E-state index in [1.807, 2.05) is 50.2 Å². The molecule has 0 unspecified atom stereocenters. The van der Waals surface area contributed by atoms with Crippen LogP contribution in [0.15, 0.2) is 36.4 Å². The average molecular weight is 442 g/mol. The lowest BCUT2D eigenvalue weighted by Gasteiger charge is -2.35. The monoisotopic (exact) mass is 441 g/mol. The zero-order chi connectivity index (χ0) is 21.8. The summed E-state index contributed by atoms with van der Waals surface area (Å²) in [5.41, 5.74) is 1.98. The van der Waals surface area contributed by atoms with E-state index >= 15 is 0 Å². The van der Waals surface area contributed by atoms with Crippen LogP contribution in [-0.2, 0) is 9.53 Å². The molecule has 164 valence electrons. The van der Waals surface area contributed by atoms with Gasteiger partial charge in [-0.25, -0.2) is 9.97 Å². The Kier molecular flexibility index (Phi) is 6.67. The Morgan fingerprint density at radius 3 is 2.71 bits per heavy atom. The molecular formula is C23H27N3O4S. The fraction of sp³-hybridized carbons (Fsp3) is 0.435. The van der Waals surface area contributed by atoms with E-state index in [0.29, 0.717) is 30.2 Å². The van der Waals surface area contributed by atoms with Gasteiger partial charge in [0.25, 0.3) is 5.19 Å². The predicted molar refractivity (Wildman–Crippen MR) is 120 cm³/mol. The van der Waals surface area contributed by atoms with E-state index in [2.05, 4.69) is 15.3 Å². The summed E-state index contributed by atoms with van der Waals surface area (Å²) < 4.78 is 17.6. The number of ether oxygens (including phenoxy) is 3. The minimum Gasteiger partial charge on any atom is -0.477 e. The molecule has 1 fully saturated rings. The molecule has 7 nitrogen and oxygen atoms in total. The summed E-state index contributed by atoms with van der Waals surface area (Å²) in [6.45, 7) is 6.65. The van der Waals surface area contributed by atoms with E-state index in [-0.39, 0.29) is 18.1 Å². The van der Waals surface area contributed by atoms with Crippen LogP contribution >= 0.6 is 11.3 Å². The van der Waals surface area contributed by atoms with Crippen molar-refractivity contribution in [1.29, 1.82) is 0 Å². The number of rotatable bonds is 9. The number of nitrogens with zero attached hydrogens (tertiary/aromatic N) is 2. The summed E-state index contributed by atoms with van der Waals surface area (Å²) in [5.74, 6) is 1.78. The number of aromatic nitrogens is 2. The van der Waals surface area contributed by atoms with Crippen LogP contribution < -0.4 is 14.8 Å². The number of carbonyl (C=O) groups is 1. The van der Waals surface area contributed by atoms with E-state index in [1.165, 1.54) is 23.8 Å². The number of amides is 1. The van der Waals surface area contributed by atoms with Crippen LogP contribution in [-0.4, -0.2) is 41.2 Å². The number of hydrogen-bond donors (Lipinski definition) is 1. The quantitative estimate of drug-likeness (QED) is 0.527. The summed E-state index contributed by atoms with van der Waals surface area (Å²) in [5, 5.41) is 3.39. The smallest absolute Gasteiger partial charge is 0.281 e. The molecule has 1 aliphatic rings. The van der Waals surface area contributed by atoms with Gasteiger partial charge in [-0.3, -0.25) is 4.79 Å². The highest BCUT2D eigenvalue weighted by Crippen LogP contribution is 2.33. The summed E-state index contributed by atoms with van der Waals surface area (Å²) in [4.78, 5) is 20.9. The molecule has 1 N–H and O–H groups in total. The second-order valence-electron chi connectivity index (χ2n) is 8.07. The van der Waals surface area contributed by atoms with E-state index in [0.717, 1.165) is 28.9 Å². The zero-order valence-electron chi connectivity index (χ0n) is 18.0. The lowest BCUT2D eigenvalue weighted by atomic mass is 9.83. The van der Waals surface area contributed by atoms with Crippen LogP contribution in [0.2, 0.25) is 0 Å². The van der Waals surface area contributed by atoms with Crippen molar-refractivity contribution < 1.29 is 19.0 Å². The molecular weight excluding hydrogens is 414 g/mol. The Hall–Kier alpha value is -2.71. The second kappa shape index (κ2) is 9.62. The highest BCUT2D eigenvalue weighted by molar-refractivity contribution is 7.19. The maximum absolute atomic E-state index is 11.0. The first-order chi connectivity index (χ1) is 14.9. The normalized spacial score (nSPS) is 18.9. The maximum atomic E-state index is 11.0. The summed E-state index contributed by atoms with van der Waals surface area (Å²) >= 11 is 1.40. The van der Waals surface area contributed by atoms with Gasteiger partial charge < -0.3 is 19.5 Å².